The summed E-state index contributed by atoms with van der Waals surface area (Å²) in [5.41, 5.74) is 1.32. The van der Waals surface area contributed by atoms with E-state index in [0.717, 1.165) is 23.4 Å². The molecule has 1 fully saturated rings. The van der Waals surface area contributed by atoms with Crippen molar-refractivity contribution in [1.29, 1.82) is 0 Å². The van der Waals surface area contributed by atoms with Crippen molar-refractivity contribution in [3.63, 3.8) is 0 Å². The molecular formula is C20H23F3N3O2+. The Hall–Kier alpha value is -2.77. The van der Waals surface area contributed by atoms with Gasteiger partial charge in [0.2, 0.25) is 0 Å². The highest BCUT2D eigenvalue weighted by Gasteiger charge is 2.33. The summed E-state index contributed by atoms with van der Waals surface area (Å²) in [5, 5.41) is 0. The Kier molecular flexibility index (Phi) is 5.76. The molecule has 2 aromatic rings. The van der Waals surface area contributed by atoms with Gasteiger partial charge in [-0.15, -0.1) is 0 Å². The van der Waals surface area contributed by atoms with E-state index in [1.165, 1.54) is 6.07 Å². The Labute approximate surface area is 161 Å². The lowest BCUT2D eigenvalue weighted by molar-refractivity contribution is -0.367. The number of aromatic nitrogens is 1. The number of anilines is 1. The Morgan fingerprint density at radius 2 is 1.82 bits per heavy atom. The highest BCUT2D eigenvalue weighted by Crippen LogP contribution is 2.28. The van der Waals surface area contributed by atoms with Gasteiger partial charge in [-0.2, -0.15) is 13.2 Å². The van der Waals surface area contributed by atoms with Crippen LogP contribution in [0.3, 0.4) is 0 Å². The van der Waals surface area contributed by atoms with Crippen LogP contribution in [0.15, 0.2) is 36.5 Å². The molecule has 1 aromatic heterocycles. The van der Waals surface area contributed by atoms with Gasteiger partial charge in [-0.1, -0.05) is 12.1 Å². The number of ether oxygens (including phenoxy) is 1. The minimum absolute atomic E-state index is 0.0311. The molecule has 1 aliphatic heterocycles. The third kappa shape index (κ3) is 4.74. The van der Waals surface area contributed by atoms with Crippen molar-refractivity contribution in [3.05, 3.63) is 53.2 Å². The van der Waals surface area contributed by atoms with Crippen LogP contribution in [-0.4, -0.2) is 43.6 Å². The third-order valence-electron chi connectivity index (χ3n) is 4.79. The number of hydrogen-bond acceptors (Lipinski definition) is 3. The molecule has 0 unspecified atom stereocenters. The van der Waals surface area contributed by atoms with Crippen LogP contribution in [-0.2, 0) is 11.0 Å². The van der Waals surface area contributed by atoms with Gasteiger partial charge in [0.05, 0.1) is 18.7 Å². The van der Waals surface area contributed by atoms with Crippen LogP contribution in [0.2, 0.25) is 0 Å². The number of halogens is 3. The van der Waals surface area contributed by atoms with Crippen molar-refractivity contribution in [1.82, 2.24) is 4.90 Å². The van der Waals surface area contributed by atoms with E-state index in [1.54, 1.807) is 4.90 Å². The van der Waals surface area contributed by atoms with Gasteiger partial charge < -0.3 is 9.64 Å². The zero-order valence-electron chi connectivity index (χ0n) is 15.8. The molecule has 1 N–H and O–H groups in total. The van der Waals surface area contributed by atoms with Gasteiger partial charge in [0.1, 0.15) is 25.0 Å². The van der Waals surface area contributed by atoms with Gasteiger partial charge >= 0.3 is 6.18 Å². The normalized spacial score (nSPS) is 14.9. The molecule has 8 heteroatoms. The average molecular weight is 394 g/mol. The zero-order chi connectivity index (χ0) is 20.3. The van der Waals surface area contributed by atoms with Crippen molar-refractivity contribution in [2.75, 3.05) is 37.7 Å². The number of nitrogens with one attached hydrogen (secondary N) is 1. The van der Waals surface area contributed by atoms with E-state index in [9.17, 15) is 18.0 Å². The maximum Gasteiger partial charge on any atom is 0.419 e. The lowest BCUT2D eigenvalue weighted by atomic mass is 10.1. The van der Waals surface area contributed by atoms with Crippen LogP contribution < -0.4 is 14.6 Å². The van der Waals surface area contributed by atoms with Crippen molar-refractivity contribution in [3.8, 4) is 5.75 Å². The lowest BCUT2D eigenvalue weighted by Crippen LogP contribution is -2.51. The number of piperazine rings is 1. The Bertz CT molecular complexity index is 830. The molecule has 150 valence electrons. The van der Waals surface area contributed by atoms with Crippen LogP contribution in [0.5, 0.6) is 5.75 Å². The molecule has 0 radical (unpaired) electrons. The molecule has 0 atom stereocenters. The third-order valence-corrected chi connectivity index (χ3v) is 4.79. The van der Waals surface area contributed by atoms with Crippen molar-refractivity contribution in [2.24, 2.45) is 0 Å². The average Bonchev–Trinajstić information content (AvgIpc) is 2.68. The zero-order valence-corrected chi connectivity index (χ0v) is 15.8. The number of alkyl halides is 3. The van der Waals surface area contributed by atoms with E-state index in [0.29, 0.717) is 37.7 Å². The van der Waals surface area contributed by atoms with Gasteiger partial charge in [0.25, 0.3) is 11.7 Å². The second-order valence-corrected chi connectivity index (χ2v) is 6.89. The van der Waals surface area contributed by atoms with Crippen LogP contribution >= 0.6 is 0 Å². The summed E-state index contributed by atoms with van der Waals surface area (Å²) in [6, 6.07) is 8.32. The lowest BCUT2D eigenvalue weighted by Gasteiger charge is -2.31. The number of carbonyl (C=O) groups excluding carboxylic acids is 1. The number of benzene rings is 1. The van der Waals surface area contributed by atoms with Gasteiger partial charge in [0.15, 0.2) is 6.61 Å². The molecule has 1 saturated heterocycles. The Morgan fingerprint density at radius 1 is 1.11 bits per heavy atom. The fraction of sp³-hybridized carbons (Fsp3) is 0.400. The van der Waals surface area contributed by atoms with Gasteiger partial charge in [-0.3, -0.25) is 9.69 Å². The first-order valence-electron chi connectivity index (χ1n) is 9.06. The van der Waals surface area contributed by atoms with Crippen LogP contribution in [0.4, 0.5) is 19.0 Å². The molecule has 0 saturated carbocycles. The summed E-state index contributed by atoms with van der Waals surface area (Å²) >= 11 is 0. The number of aryl methyl sites for hydroxylation is 2. The van der Waals surface area contributed by atoms with Crippen molar-refractivity contribution in [2.45, 2.75) is 20.0 Å². The van der Waals surface area contributed by atoms with Crippen LogP contribution in [0, 0.1) is 13.8 Å². The standard InChI is InChI=1S/C20H22F3N3O2/c1-14-3-4-15(2)17(11-14)28-13-19(27)26-9-7-25(8-10-26)18-6-5-16(12-24-18)20(21,22)23/h3-6,11-12H,7-10,13H2,1-2H3/p+1. The molecule has 3 rings (SSSR count). The van der Waals surface area contributed by atoms with E-state index in [4.69, 9.17) is 4.74 Å². The maximum absolute atomic E-state index is 12.7. The number of hydrogen-bond donors (Lipinski definition) is 0. The number of H-pyrrole nitrogens is 1. The summed E-state index contributed by atoms with van der Waals surface area (Å²) in [6.07, 6.45) is -3.40. The molecule has 1 aromatic carbocycles. The number of nitrogens with zero attached hydrogens (tertiary/aromatic N) is 2. The summed E-state index contributed by atoms with van der Waals surface area (Å²) in [4.78, 5) is 18.7. The predicted octanol–water partition coefficient (Wildman–Crippen LogP) is 2.86. The highest BCUT2D eigenvalue weighted by atomic mass is 19.4. The largest absolute Gasteiger partial charge is 0.483 e. The molecule has 0 aliphatic carbocycles. The van der Waals surface area contributed by atoms with E-state index >= 15 is 0 Å². The van der Waals surface area contributed by atoms with Gasteiger partial charge in [-0.05, 0) is 37.1 Å². The molecule has 1 aliphatic rings. The SMILES string of the molecule is Cc1ccc(C)c(OCC(=O)N2CCN(c3ccc(C(F)(F)F)c[nH+]3)CC2)c1. The Morgan fingerprint density at radius 3 is 2.43 bits per heavy atom. The summed E-state index contributed by atoms with van der Waals surface area (Å²) in [5.74, 6) is 1.20. The number of pyridine rings is 1. The predicted molar refractivity (Wildman–Crippen MR) is 98.2 cm³/mol. The van der Waals surface area contributed by atoms with E-state index in [-0.39, 0.29) is 12.5 Å². The van der Waals surface area contributed by atoms with Crippen molar-refractivity contribution < 1.29 is 27.7 Å². The summed E-state index contributed by atoms with van der Waals surface area (Å²) in [6.45, 7) is 5.92. The topological polar surface area (TPSA) is 46.9 Å². The van der Waals surface area contributed by atoms with Gasteiger partial charge in [-0.25, -0.2) is 4.98 Å². The van der Waals surface area contributed by atoms with Crippen LogP contribution in [0.25, 0.3) is 0 Å². The van der Waals surface area contributed by atoms with Crippen LogP contribution in [0.1, 0.15) is 16.7 Å². The Balaban J connectivity index is 1.52. The van der Waals surface area contributed by atoms with E-state index < -0.39 is 11.7 Å². The van der Waals surface area contributed by atoms with E-state index in [2.05, 4.69) is 4.98 Å². The van der Waals surface area contributed by atoms with Gasteiger partial charge in [0, 0.05) is 6.07 Å². The molecule has 5 nitrogen and oxygen atoms in total. The number of carbonyl (C=O) groups is 1. The first-order valence-corrected chi connectivity index (χ1v) is 9.06. The summed E-state index contributed by atoms with van der Waals surface area (Å²) < 4.78 is 43.6. The quantitative estimate of drug-likeness (QED) is 0.801. The smallest absolute Gasteiger partial charge is 0.419 e. The maximum atomic E-state index is 12.7. The first kappa shape index (κ1) is 20.0. The minimum Gasteiger partial charge on any atom is -0.483 e. The molecule has 2 heterocycles. The molecule has 0 bridgehead atoms. The minimum atomic E-state index is -4.37. The molecular weight excluding hydrogens is 371 g/mol. The monoisotopic (exact) mass is 394 g/mol. The fourth-order valence-corrected chi connectivity index (χ4v) is 3.08. The second-order valence-electron chi connectivity index (χ2n) is 6.89. The fourth-order valence-electron chi connectivity index (χ4n) is 3.08. The first-order chi connectivity index (χ1) is 13.2. The number of aromatic amines is 1. The molecule has 28 heavy (non-hydrogen) atoms. The van der Waals surface area contributed by atoms with Crippen molar-refractivity contribution >= 4 is 11.7 Å². The number of rotatable bonds is 4. The molecule has 1 amide bonds. The second kappa shape index (κ2) is 8.08. The molecule has 0 spiro atoms. The summed E-state index contributed by atoms with van der Waals surface area (Å²) in [7, 11) is 0. The van der Waals surface area contributed by atoms with E-state index in [1.807, 2.05) is 36.9 Å². The number of amides is 1. The highest BCUT2D eigenvalue weighted by molar-refractivity contribution is 5.78.